The van der Waals surface area contributed by atoms with Gasteiger partial charge in [-0.15, -0.1) is 0 Å². The van der Waals surface area contributed by atoms with E-state index < -0.39 is 5.54 Å². The maximum Gasteiger partial charge on any atom is 0.237 e. The molecule has 21 heavy (non-hydrogen) atoms. The van der Waals surface area contributed by atoms with Gasteiger partial charge in [0.2, 0.25) is 5.91 Å². The Bertz CT molecular complexity index is 354. The van der Waals surface area contributed by atoms with Crippen molar-refractivity contribution in [3.63, 3.8) is 0 Å². The second-order valence-corrected chi connectivity index (χ2v) is 6.92. The van der Waals surface area contributed by atoms with Gasteiger partial charge in [-0.05, 0) is 45.1 Å². The third-order valence-corrected chi connectivity index (χ3v) is 5.75. The molecule has 0 aromatic carbocycles. The van der Waals surface area contributed by atoms with Gasteiger partial charge in [0.15, 0.2) is 0 Å². The fraction of sp³-hybridized carbons (Fsp3) is 0.938. The molecule has 1 heterocycles. The summed E-state index contributed by atoms with van der Waals surface area (Å²) in [7, 11) is 0. The van der Waals surface area contributed by atoms with Gasteiger partial charge in [0.25, 0.3) is 0 Å². The lowest BCUT2D eigenvalue weighted by Crippen LogP contribution is -2.55. The van der Waals surface area contributed by atoms with Crippen molar-refractivity contribution < 1.29 is 4.79 Å². The Morgan fingerprint density at radius 3 is 2.57 bits per heavy atom. The summed E-state index contributed by atoms with van der Waals surface area (Å²) in [5.74, 6) is -0.0471. The molecule has 0 radical (unpaired) electrons. The zero-order valence-electron chi connectivity index (χ0n) is 13.7. The Kier molecular flexibility index (Phi) is 5.63. The largest absolute Gasteiger partial charge is 0.368 e. The van der Waals surface area contributed by atoms with Crippen LogP contribution in [0.5, 0.6) is 0 Å². The molecule has 0 spiro atoms. The number of nitrogens with zero attached hydrogens (tertiary/aromatic N) is 2. The van der Waals surface area contributed by atoms with Crippen molar-refractivity contribution >= 4 is 5.91 Å². The van der Waals surface area contributed by atoms with Crippen LogP contribution in [0.25, 0.3) is 0 Å². The van der Waals surface area contributed by atoms with Crippen LogP contribution in [0.1, 0.15) is 46.0 Å². The molecular formula is C16H32N4O. The summed E-state index contributed by atoms with van der Waals surface area (Å²) >= 11 is 0. The number of rotatable bonds is 6. The predicted octanol–water partition coefficient (Wildman–Crippen LogP) is 0.776. The molecule has 3 unspecified atom stereocenters. The highest BCUT2D eigenvalue weighted by Gasteiger charge is 2.44. The van der Waals surface area contributed by atoms with E-state index in [0.29, 0.717) is 6.04 Å². The van der Waals surface area contributed by atoms with Crippen molar-refractivity contribution in [2.45, 2.75) is 57.5 Å². The number of amides is 1. The lowest BCUT2D eigenvalue weighted by Gasteiger charge is -2.38. The van der Waals surface area contributed by atoms with Crippen molar-refractivity contribution in [1.29, 1.82) is 0 Å². The van der Waals surface area contributed by atoms with Crippen molar-refractivity contribution in [1.82, 2.24) is 9.80 Å². The lowest BCUT2D eigenvalue weighted by atomic mass is 9.85. The Hall–Kier alpha value is -0.650. The second-order valence-electron chi connectivity index (χ2n) is 6.92. The van der Waals surface area contributed by atoms with E-state index in [0.717, 1.165) is 58.4 Å². The molecule has 0 aromatic heterocycles. The molecular weight excluding hydrogens is 264 g/mol. The minimum Gasteiger partial charge on any atom is -0.368 e. The quantitative estimate of drug-likeness (QED) is 0.759. The molecule has 2 fully saturated rings. The summed E-state index contributed by atoms with van der Waals surface area (Å²) < 4.78 is 0. The fourth-order valence-electron chi connectivity index (χ4n) is 3.85. The number of primary amides is 1. The minimum atomic E-state index is -0.751. The van der Waals surface area contributed by atoms with Crippen molar-refractivity contribution in [2.24, 2.45) is 17.4 Å². The van der Waals surface area contributed by atoms with Crippen molar-refractivity contribution in [3.8, 4) is 0 Å². The number of piperazine rings is 1. The average Bonchev–Trinajstić information content (AvgIpc) is 2.87. The third-order valence-electron chi connectivity index (χ3n) is 5.75. The molecule has 2 aliphatic rings. The van der Waals surface area contributed by atoms with Crippen LogP contribution < -0.4 is 11.5 Å². The number of carbonyl (C=O) groups excluding carboxylic acids is 1. The first-order valence-corrected chi connectivity index (χ1v) is 8.52. The Morgan fingerprint density at radius 1 is 1.33 bits per heavy atom. The van der Waals surface area contributed by atoms with Crippen molar-refractivity contribution in [2.75, 3.05) is 32.7 Å². The normalized spacial score (nSPS) is 33.2. The fourth-order valence-corrected chi connectivity index (χ4v) is 3.85. The molecule has 4 N–H and O–H groups in total. The van der Waals surface area contributed by atoms with Gasteiger partial charge < -0.3 is 16.4 Å². The van der Waals surface area contributed by atoms with E-state index in [1.54, 1.807) is 0 Å². The molecule has 1 aliphatic carbocycles. The highest BCUT2D eigenvalue weighted by Crippen LogP contribution is 2.36. The summed E-state index contributed by atoms with van der Waals surface area (Å²) in [4.78, 5) is 16.7. The standard InChI is InChI=1S/C16H32N4O/c1-3-13(2)20-11-9-19(10-12-20)8-6-14-5-4-7-16(14,18)15(17)21/h13-14H,3-12,18H2,1-2H3,(H2,17,21). The minimum absolute atomic E-state index is 0.266. The SMILES string of the molecule is CCC(C)N1CCN(CCC2CCCC2(N)C(N)=O)CC1. The molecule has 2 rings (SSSR count). The zero-order chi connectivity index (χ0) is 15.5. The van der Waals surface area contributed by atoms with Crippen LogP contribution >= 0.6 is 0 Å². The number of hydrogen-bond acceptors (Lipinski definition) is 4. The van der Waals surface area contributed by atoms with Crippen LogP contribution in [0, 0.1) is 5.92 Å². The monoisotopic (exact) mass is 296 g/mol. The Morgan fingerprint density at radius 2 is 2.00 bits per heavy atom. The summed E-state index contributed by atoms with van der Waals surface area (Å²) in [6.45, 7) is 10.2. The van der Waals surface area contributed by atoms with Crippen LogP contribution in [0.3, 0.4) is 0 Å². The molecule has 1 amide bonds. The van der Waals surface area contributed by atoms with Gasteiger partial charge in [-0.3, -0.25) is 9.69 Å². The van der Waals surface area contributed by atoms with Gasteiger partial charge in [-0.1, -0.05) is 13.3 Å². The van der Waals surface area contributed by atoms with Crippen molar-refractivity contribution in [3.05, 3.63) is 0 Å². The second kappa shape index (κ2) is 7.07. The molecule has 1 saturated heterocycles. The lowest BCUT2D eigenvalue weighted by molar-refractivity contribution is -0.124. The molecule has 5 heteroatoms. The van der Waals surface area contributed by atoms with Crippen LogP contribution in [0.15, 0.2) is 0 Å². The molecule has 1 saturated carbocycles. The number of nitrogens with two attached hydrogens (primary N) is 2. The van der Waals surface area contributed by atoms with Gasteiger partial charge in [0.05, 0.1) is 5.54 Å². The molecule has 0 bridgehead atoms. The molecule has 0 aromatic rings. The van der Waals surface area contributed by atoms with Crippen LogP contribution in [-0.4, -0.2) is 60.0 Å². The number of hydrogen-bond donors (Lipinski definition) is 2. The topological polar surface area (TPSA) is 75.6 Å². The molecule has 5 nitrogen and oxygen atoms in total. The van der Waals surface area contributed by atoms with Crippen LogP contribution in [0.2, 0.25) is 0 Å². The molecule has 122 valence electrons. The van der Waals surface area contributed by atoms with Gasteiger partial charge >= 0.3 is 0 Å². The first kappa shape index (κ1) is 16.7. The smallest absolute Gasteiger partial charge is 0.237 e. The highest BCUT2D eigenvalue weighted by atomic mass is 16.1. The van der Waals surface area contributed by atoms with Crippen LogP contribution in [0.4, 0.5) is 0 Å². The van der Waals surface area contributed by atoms with Gasteiger partial charge in [0, 0.05) is 32.2 Å². The maximum atomic E-state index is 11.6. The van der Waals surface area contributed by atoms with Crippen LogP contribution in [-0.2, 0) is 4.79 Å². The summed E-state index contributed by atoms with van der Waals surface area (Å²) in [5.41, 5.74) is 11.0. The van der Waals surface area contributed by atoms with E-state index in [4.69, 9.17) is 11.5 Å². The zero-order valence-corrected chi connectivity index (χ0v) is 13.7. The van der Waals surface area contributed by atoms with E-state index in [-0.39, 0.29) is 11.8 Å². The summed E-state index contributed by atoms with van der Waals surface area (Å²) in [5, 5.41) is 0. The summed E-state index contributed by atoms with van der Waals surface area (Å²) in [6.07, 6.45) is 5.06. The van der Waals surface area contributed by atoms with E-state index in [1.807, 2.05) is 0 Å². The van der Waals surface area contributed by atoms with E-state index in [1.165, 1.54) is 6.42 Å². The average molecular weight is 296 g/mol. The Balaban J connectivity index is 1.76. The van der Waals surface area contributed by atoms with Gasteiger partial charge in [-0.2, -0.15) is 0 Å². The Labute approximate surface area is 129 Å². The first-order chi connectivity index (χ1) is 9.97. The third kappa shape index (κ3) is 3.76. The van der Waals surface area contributed by atoms with Gasteiger partial charge in [0.1, 0.15) is 0 Å². The van der Waals surface area contributed by atoms with E-state index in [2.05, 4.69) is 23.6 Å². The maximum absolute atomic E-state index is 11.6. The highest BCUT2D eigenvalue weighted by molar-refractivity contribution is 5.85. The van der Waals surface area contributed by atoms with E-state index >= 15 is 0 Å². The van der Waals surface area contributed by atoms with E-state index in [9.17, 15) is 4.79 Å². The number of carbonyl (C=O) groups is 1. The molecule has 1 aliphatic heterocycles. The van der Waals surface area contributed by atoms with Gasteiger partial charge in [-0.25, -0.2) is 0 Å². The first-order valence-electron chi connectivity index (χ1n) is 8.52. The molecule has 3 atom stereocenters. The summed E-state index contributed by atoms with van der Waals surface area (Å²) in [6, 6.07) is 0.688. The predicted molar refractivity (Wildman–Crippen MR) is 85.8 cm³/mol.